The van der Waals surface area contributed by atoms with Crippen LogP contribution in [0.4, 0.5) is 0 Å². The highest BCUT2D eigenvalue weighted by molar-refractivity contribution is 7.15. The molecular formula is C15H17NO3S. The molecule has 2 aromatic rings. The zero-order chi connectivity index (χ0) is 14.8. The van der Waals surface area contributed by atoms with Crippen LogP contribution in [-0.2, 0) is 10.3 Å². The fraction of sp³-hybridized carbons (Fsp3) is 0.333. The molecule has 1 aromatic heterocycles. The number of ether oxygens (including phenoxy) is 1. The molecule has 0 atom stereocenters. The molecule has 0 amide bonds. The van der Waals surface area contributed by atoms with Gasteiger partial charge in [-0.2, -0.15) is 0 Å². The average Bonchev–Trinajstić information content (AvgIpc) is 2.85. The summed E-state index contributed by atoms with van der Waals surface area (Å²) in [5.41, 5.74) is 0.362. The first kappa shape index (κ1) is 14.7. The third kappa shape index (κ3) is 2.89. The van der Waals surface area contributed by atoms with Gasteiger partial charge in [-0.25, -0.2) is 9.78 Å². The summed E-state index contributed by atoms with van der Waals surface area (Å²) in [5.74, 6) is -1.02. The summed E-state index contributed by atoms with van der Waals surface area (Å²) in [6.45, 7) is 6.26. The standard InChI is InChI=1S/C15H17NO3S/c1-4-19-15(2,3)14-16-11(13(17)18)12(20-14)10-8-6-5-7-9-10/h5-9H,4H2,1-3H3,(H,17,18). The smallest absolute Gasteiger partial charge is 0.356 e. The Morgan fingerprint density at radius 1 is 1.35 bits per heavy atom. The quantitative estimate of drug-likeness (QED) is 0.910. The third-order valence-electron chi connectivity index (χ3n) is 2.89. The topological polar surface area (TPSA) is 59.4 Å². The van der Waals surface area contributed by atoms with Crippen molar-refractivity contribution in [1.29, 1.82) is 0 Å². The lowest BCUT2D eigenvalue weighted by Gasteiger charge is -2.21. The van der Waals surface area contributed by atoms with Crippen molar-refractivity contribution in [1.82, 2.24) is 4.98 Å². The Balaban J connectivity index is 2.52. The van der Waals surface area contributed by atoms with Crippen LogP contribution >= 0.6 is 11.3 Å². The summed E-state index contributed by atoms with van der Waals surface area (Å²) < 4.78 is 5.65. The molecule has 1 N–H and O–H groups in total. The second-order valence-corrected chi connectivity index (χ2v) is 5.81. The van der Waals surface area contributed by atoms with Gasteiger partial charge in [-0.15, -0.1) is 11.3 Å². The Morgan fingerprint density at radius 2 is 2.00 bits per heavy atom. The highest BCUT2D eigenvalue weighted by Gasteiger charge is 2.29. The van der Waals surface area contributed by atoms with E-state index in [2.05, 4.69) is 4.98 Å². The number of hydrogen-bond donors (Lipinski definition) is 1. The highest BCUT2D eigenvalue weighted by Crippen LogP contribution is 2.36. The maximum absolute atomic E-state index is 11.4. The SMILES string of the molecule is CCOC(C)(C)c1nc(C(=O)O)c(-c2ccccc2)s1. The van der Waals surface area contributed by atoms with Gasteiger partial charge in [-0.05, 0) is 26.3 Å². The van der Waals surface area contributed by atoms with Gasteiger partial charge < -0.3 is 9.84 Å². The number of aromatic nitrogens is 1. The molecule has 0 aliphatic heterocycles. The molecule has 20 heavy (non-hydrogen) atoms. The minimum atomic E-state index is -1.02. The van der Waals surface area contributed by atoms with E-state index in [1.165, 1.54) is 11.3 Å². The fourth-order valence-electron chi connectivity index (χ4n) is 1.93. The Morgan fingerprint density at radius 3 is 2.55 bits per heavy atom. The average molecular weight is 291 g/mol. The molecule has 0 unspecified atom stereocenters. The number of aromatic carboxylic acids is 1. The van der Waals surface area contributed by atoms with Crippen molar-refractivity contribution in [2.45, 2.75) is 26.4 Å². The molecule has 4 nitrogen and oxygen atoms in total. The number of carboxylic acids is 1. The zero-order valence-electron chi connectivity index (χ0n) is 11.7. The van der Waals surface area contributed by atoms with Crippen LogP contribution in [0.1, 0.15) is 36.3 Å². The van der Waals surface area contributed by atoms with Gasteiger partial charge in [0.25, 0.3) is 0 Å². The summed E-state index contributed by atoms with van der Waals surface area (Å²) in [7, 11) is 0. The van der Waals surface area contributed by atoms with Gasteiger partial charge in [0.05, 0.1) is 4.88 Å². The maximum atomic E-state index is 11.4. The minimum Gasteiger partial charge on any atom is -0.476 e. The lowest BCUT2D eigenvalue weighted by molar-refractivity contribution is -0.0142. The van der Waals surface area contributed by atoms with Crippen molar-refractivity contribution in [2.75, 3.05) is 6.61 Å². The van der Waals surface area contributed by atoms with Crippen LogP contribution in [0.25, 0.3) is 10.4 Å². The molecule has 0 bridgehead atoms. The van der Waals surface area contributed by atoms with Crippen LogP contribution in [0, 0.1) is 0 Å². The molecule has 0 fully saturated rings. The molecule has 2 rings (SSSR count). The summed E-state index contributed by atoms with van der Waals surface area (Å²) in [5, 5.41) is 10.0. The zero-order valence-corrected chi connectivity index (χ0v) is 12.5. The van der Waals surface area contributed by atoms with E-state index in [4.69, 9.17) is 4.74 Å². The molecule has 0 spiro atoms. The number of rotatable bonds is 5. The van der Waals surface area contributed by atoms with Crippen molar-refractivity contribution in [3.05, 3.63) is 41.0 Å². The molecule has 5 heteroatoms. The fourth-order valence-corrected chi connectivity index (χ4v) is 3.05. The van der Waals surface area contributed by atoms with Gasteiger partial charge in [-0.1, -0.05) is 30.3 Å². The maximum Gasteiger partial charge on any atom is 0.356 e. The molecule has 0 saturated carbocycles. The summed E-state index contributed by atoms with van der Waals surface area (Å²) in [6, 6.07) is 9.44. The van der Waals surface area contributed by atoms with E-state index in [0.717, 1.165) is 5.56 Å². The Kier molecular flexibility index (Phi) is 4.20. The lowest BCUT2D eigenvalue weighted by atomic mass is 10.1. The summed E-state index contributed by atoms with van der Waals surface area (Å²) in [6.07, 6.45) is 0. The van der Waals surface area contributed by atoms with Gasteiger partial charge in [0.1, 0.15) is 10.6 Å². The molecule has 1 heterocycles. The van der Waals surface area contributed by atoms with Gasteiger partial charge in [0.2, 0.25) is 0 Å². The predicted molar refractivity (Wildman–Crippen MR) is 79.2 cm³/mol. The molecule has 1 aromatic carbocycles. The van der Waals surface area contributed by atoms with Crippen molar-refractivity contribution >= 4 is 17.3 Å². The van der Waals surface area contributed by atoms with Crippen LogP contribution in [0.5, 0.6) is 0 Å². The van der Waals surface area contributed by atoms with Crippen LogP contribution < -0.4 is 0 Å². The van der Waals surface area contributed by atoms with Gasteiger partial charge >= 0.3 is 5.97 Å². The van der Waals surface area contributed by atoms with E-state index >= 15 is 0 Å². The predicted octanol–water partition coefficient (Wildman–Crippen LogP) is 3.78. The first-order chi connectivity index (χ1) is 9.45. The van der Waals surface area contributed by atoms with Crippen LogP contribution in [0.3, 0.4) is 0 Å². The largest absolute Gasteiger partial charge is 0.476 e. The Hall–Kier alpha value is -1.72. The molecule has 0 saturated heterocycles. The van der Waals surface area contributed by atoms with Gasteiger partial charge in [-0.3, -0.25) is 0 Å². The van der Waals surface area contributed by atoms with Crippen LogP contribution in [0.2, 0.25) is 0 Å². The lowest BCUT2D eigenvalue weighted by Crippen LogP contribution is -2.21. The van der Waals surface area contributed by atoms with Crippen molar-refractivity contribution in [2.24, 2.45) is 0 Å². The number of carboxylic acid groups (broad SMARTS) is 1. The number of nitrogens with zero attached hydrogens (tertiary/aromatic N) is 1. The van der Waals surface area contributed by atoms with E-state index in [1.54, 1.807) is 0 Å². The van der Waals surface area contributed by atoms with E-state index < -0.39 is 11.6 Å². The second kappa shape index (κ2) is 5.73. The summed E-state index contributed by atoms with van der Waals surface area (Å²) >= 11 is 1.37. The molecule has 106 valence electrons. The van der Waals surface area contributed by atoms with Crippen molar-refractivity contribution < 1.29 is 14.6 Å². The van der Waals surface area contributed by atoms with Gasteiger partial charge in [0.15, 0.2) is 5.69 Å². The first-order valence-electron chi connectivity index (χ1n) is 6.39. The van der Waals surface area contributed by atoms with E-state index in [1.807, 2.05) is 51.1 Å². The first-order valence-corrected chi connectivity index (χ1v) is 7.21. The monoisotopic (exact) mass is 291 g/mol. The van der Waals surface area contributed by atoms with Crippen LogP contribution in [-0.4, -0.2) is 22.7 Å². The molecule has 0 aliphatic carbocycles. The van der Waals surface area contributed by atoms with E-state index in [9.17, 15) is 9.90 Å². The number of thiazole rings is 1. The minimum absolute atomic E-state index is 0.0870. The second-order valence-electron chi connectivity index (χ2n) is 4.81. The van der Waals surface area contributed by atoms with Crippen LogP contribution in [0.15, 0.2) is 30.3 Å². The van der Waals surface area contributed by atoms with Crippen molar-refractivity contribution in [3.63, 3.8) is 0 Å². The number of carbonyl (C=O) groups is 1. The Bertz CT molecular complexity index is 605. The molecule has 0 radical (unpaired) electrons. The normalized spacial score (nSPS) is 11.6. The summed E-state index contributed by atoms with van der Waals surface area (Å²) in [4.78, 5) is 16.3. The molecular weight excluding hydrogens is 274 g/mol. The Labute approximate surface area is 122 Å². The van der Waals surface area contributed by atoms with Crippen molar-refractivity contribution in [3.8, 4) is 10.4 Å². The van der Waals surface area contributed by atoms with Gasteiger partial charge in [0, 0.05) is 6.61 Å². The molecule has 0 aliphatic rings. The highest BCUT2D eigenvalue weighted by atomic mass is 32.1. The van der Waals surface area contributed by atoms with E-state index in [0.29, 0.717) is 16.5 Å². The van der Waals surface area contributed by atoms with E-state index in [-0.39, 0.29) is 5.69 Å². The number of hydrogen-bond acceptors (Lipinski definition) is 4. The third-order valence-corrected chi connectivity index (χ3v) is 4.30. The number of benzene rings is 1.